The fourth-order valence-corrected chi connectivity index (χ4v) is 1.29. The Kier molecular flexibility index (Phi) is 5.05. The van der Waals surface area contributed by atoms with Crippen LogP contribution in [0, 0.1) is 0 Å². The monoisotopic (exact) mass is 270 g/mol. The van der Waals surface area contributed by atoms with E-state index in [1.807, 2.05) is 0 Å². The number of rotatable bonds is 7. The maximum absolute atomic E-state index is 12.6. The normalized spacial score (nSPS) is 14.2. The molecule has 0 amide bonds. The number of ether oxygens (including phenoxy) is 1. The van der Waals surface area contributed by atoms with E-state index in [1.165, 1.54) is 6.20 Å². The number of hydrogen-bond acceptors (Lipinski definition) is 4. The molecular weight excluding hydrogens is 256 g/mol. The molecule has 1 rings (SSSR count). The van der Waals surface area contributed by atoms with Gasteiger partial charge in [0, 0.05) is 19.4 Å². The summed E-state index contributed by atoms with van der Waals surface area (Å²) in [4.78, 5) is 3.94. The fraction of sp³-hybridized carbons (Fsp3) is 0.667. The lowest BCUT2D eigenvalue weighted by Gasteiger charge is -2.19. The van der Waals surface area contributed by atoms with Gasteiger partial charge in [-0.2, -0.15) is 8.78 Å². The molecule has 0 fully saturated rings. The van der Waals surface area contributed by atoms with E-state index >= 15 is 0 Å². The van der Waals surface area contributed by atoms with Crippen molar-refractivity contribution in [2.24, 2.45) is 12.9 Å². The van der Waals surface area contributed by atoms with Crippen molar-refractivity contribution in [2.75, 3.05) is 13.2 Å². The first kappa shape index (κ1) is 14.9. The van der Waals surface area contributed by atoms with E-state index in [4.69, 9.17) is 5.84 Å². The molecule has 0 bridgehead atoms. The lowest BCUT2D eigenvalue weighted by Crippen LogP contribution is -2.37. The minimum atomic E-state index is -4.17. The molecule has 3 N–H and O–H groups in total. The average molecular weight is 270 g/mol. The maximum atomic E-state index is 12.6. The second-order valence-corrected chi connectivity index (χ2v) is 3.69. The van der Waals surface area contributed by atoms with Gasteiger partial charge in [0.15, 0.2) is 0 Å². The zero-order chi connectivity index (χ0) is 13.8. The first-order chi connectivity index (χ1) is 8.38. The lowest BCUT2D eigenvalue weighted by molar-refractivity contribution is -0.167. The molecule has 1 aromatic rings. The van der Waals surface area contributed by atoms with Gasteiger partial charge in [-0.25, -0.2) is 19.2 Å². The van der Waals surface area contributed by atoms with Crippen LogP contribution in [0.5, 0.6) is 0 Å². The van der Waals surface area contributed by atoms with Gasteiger partial charge >= 0.3 is 12.3 Å². The fourth-order valence-electron chi connectivity index (χ4n) is 1.29. The van der Waals surface area contributed by atoms with Crippen molar-refractivity contribution in [1.29, 1.82) is 0 Å². The quantitative estimate of drug-likeness (QED) is 0.438. The molecule has 1 atom stereocenters. The van der Waals surface area contributed by atoms with Crippen molar-refractivity contribution >= 4 is 0 Å². The molecule has 5 nitrogen and oxygen atoms in total. The molecular formula is C9H14F4N4O. The highest BCUT2D eigenvalue weighted by atomic mass is 19.3. The van der Waals surface area contributed by atoms with Gasteiger partial charge in [0.05, 0.1) is 6.61 Å². The Morgan fingerprint density at radius 1 is 1.56 bits per heavy atom. The molecule has 0 saturated heterocycles. The first-order valence-electron chi connectivity index (χ1n) is 5.05. The summed E-state index contributed by atoms with van der Waals surface area (Å²) >= 11 is 0. The lowest BCUT2D eigenvalue weighted by atomic mass is 10.3. The molecule has 0 saturated carbocycles. The topological polar surface area (TPSA) is 65.1 Å². The van der Waals surface area contributed by atoms with Crippen molar-refractivity contribution < 1.29 is 22.3 Å². The van der Waals surface area contributed by atoms with Crippen LogP contribution in [0.4, 0.5) is 17.6 Å². The third-order valence-electron chi connectivity index (χ3n) is 2.27. The van der Waals surface area contributed by atoms with E-state index in [0.29, 0.717) is 5.82 Å². The van der Waals surface area contributed by atoms with Crippen molar-refractivity contribution in [3.8, 4) is 0 Å². The van der Waals surface area contributed by atoms with E-state index in [1.54, 1.807) is 17.8 Å². The second kappa shape index (κ2) is 6.12. The Balaban J connectivity index is 2.49. The molecule has 1 aromatic heterocycles. The van der Waals surface area contributed by atoms with Crippen molar-refractivity contribution in [1.82, 2.24) is 15.0 Å². The molecule has 1 heterocycles. The van der Waals surface area contributed by atoms with Gasteiger partial charge in [0.25, 0.3) is 0 Å². The van der Waals surface area contributed by atoms with E-state index in [0.717, 1.165) is 0 Å². The minimum Gasteiger partial charge on any atom is -0.373 e. The predicted molar refractivity (Wildman–Crippen MR) is 55.0 cm³/mol. The average Bonchev–Trinajstić information content (AvgIpc) is 2.71. The van der Waals surface area contributed by atoms with E-state index in [9.17, 15) is 17.6 Å². The van der Waals surface area contributed by atoms with Crippen LogP contribution in [0.3, 0.4) is 0 Å². The van der Waals surface area contributed by atoms with Crippen LogP contribution in [0.25, 0.3) is 0 Å². The summed E-state index contributed by atoms with van der Waals surface area (Å²) in [5.41, 5.74) is 2.32. The molecule has 18 heavy (non-hydrogen) atoms. The van der Waals surface area contributed by atoms with Gasteiger partial charge in [-0.05, 0) is 0 Å². The number of nitrogens with zero attached hydrogens (tertiary/aromatic N) is 2. The highest BCUT2D eigenvalue weighted by molar-refractivity contribution is 4.98. The van der Waals surface area contributed by atoms with E-state index in [-0.39, 0.29) is 6.61 Å². The molecule has 0 aromatic carbocycles. The minimum absolute atomic E-state index is 0.288. The summed E-state index contributed by atoms with van der Waals surface area (Å²) in [6.07, 6.45) is -0.629. The van der Waals surface area contributed by atoms with Gasteiger partial charge in [0.2, 0.25) is 0 Å². The van der Waals surface area contributed by atoms with E-state index < -0.39 is 25.0 Å². The van der Waals surface area contributed by atoms with Crippen LogP contribution in [0.1, 0.15) is 11.9 Å². The predicted octanol–water partition coefficient (Wildman–Crippen LogP) is 0.842. The maximum Gasteiger partial charge on any atom is 0.330 e. The third-order valence-corrected chi connectivity index (χ3v) is 2.27. The number of alkyl halides is 4. The largest absolute Gasteiger partial charge is 0.373 e. The molecule has 104 valence electrons. The molecule has 0 aliphatic heterocycles. The Hall–Kier alpha value is -1.19. The van der Waals surface area contributed by atoms with Crippen molar-refractivity contribution in [2.45, 2.75) is 18.4 Å². The Morgan fingerprint density at radius 2 is 2.22 bits per heavy atom. The zero-order valence-electron chi connectivity index (χ0n) is 9.62. The summed E-state index contributed by atoms with van der Waals surface area (Å²) in [7, 11) is 1.68. The highest BCUT2D eigenvalue weighted by Crippen LogP contribution is 2.23. The summed E-state index contributed by atoms with van der Waals surface area (Å²) in [5, 5.41) is 0. The SMILES string of the molecule is Cn1ccnc1C(COCC(F)(F)C(F)F)NN. The summed E-state index contributed by atoms with van der Waals surface area (Å²) in [6, 6.07) is -0.654. The smallest absolute Gasteiger partial charge is 0.330 e. The highest BCUT2D eigenvalue weighted by Gasteiger charge is 2.41. The molecule has 0 aliphatic carbocycles. The van der Waals surface area contributed by atoms with Crippen LogP contribution in [0.15, 0.2) is 12.4 Å². The molecule has 0 aliphatic rings. The number of nitrogens with one attached hydrogen (secondary N) is 1. The second-order valence-electron chi connectivity index (χ2n) is 3.69. The van der Waals surface area contributed by atoms with Gasteiger partial charge < -0.3 is 9.30 Å². The Bertz CT molecular complexity index is 371. The number of imidazole rings is 1. The molecule has 9 heteroatoms. The molecule has 0 radical (unpaired) electrons. The summed E-state index contributed by atoms with van der Waals surface area (Å²) in [5.74, 6) is 1.51. The molecule has 0 spiro atoms. The number of hydrogen-bond donors (Lipinski definition) is 2. The van der Waals surface area contributed by atoms with Crippen LogP contribution in [0.2, 0.25) is 0 Å². The van der Waals surface area contributed by atoms with Crippen molar-refractivity contribution in [3.63, 3.8) is 0 Å². The molecule has 1 unspecified atom stereocenters. The first-order valence-corrected chi connectivity index (χ1v) is 5.05. The number of aromatic nitrogens is 2. The third kappa shape index (κ3) is 3.65. The Labute approximate surface area is 101 Å². The van der Waals surface area contributed by atoms with Gasteiger partial charge in [0.1, 0.15) is 18.5 Å². The number of halogens is 4. The van der Waals surface area contributed by atoms with E-state index in [2.05, 4.69) is 15.1 Å². The zero-order valence-corrected chi connectivity index (χ0v) is 9.62. The van der Waals surface area contributed by atoms with Crippen LogP contribution in [-0.4, -0.2) is 35.1 Å². The van der Waals surface area contributed by atoms with Crippen LogP contribution >= 0.6 is 0 Å². The summed E-state index contributed by atoms with van der Waals surface area (Å²) < 4.78 is 55.1. The number of hydrazine groups is 1. The van der Waals surface area contributed by atoms with Gasteiger partial charge in [-0.15, -0.1) is 0 Å². The van der Waals surface area contributed by atoms with Gasteiger partial charge in [-0.1, -0.05) is 0 Å². The number of nitrogens with two attached hydrogens (primary N) is 1. The standard InChI is InChI=1S/C9H14F4N4O/c1-17-3-2-15-7(17)6(16-14)4-18-5-9(12,13)8(10)11/h2-3,6,8,16H,4-5,14H2,1H3. The van der Waals surface area contributed by atoms with Crippen LogP contribution < -0.4 is 11.3 Å². The number of aryl methyl sites for hydroxylation is 1. The Morgan fingerprint density at radius 3 is 2.67 bits per heavy atom. The summed E-state index contributed by atoms with van der Waals surface area (Å²) in [6.45, 7) is -1.66. The van der Waals surface area contributed by atoms with Crippen molar-refractivity contribution in [3.05, 3.63) is 18.2 Å². The van der Waals surface area contributed by atoms with Gasteiger partial charge in [-0.3, -0.25) is 5.84 Å². The van der Waals surface area contributed by atoms with Crippen LogP contribution in [-0.2, 0) is 11.8 Å².